The van der Waals surface area contributed by atoms with Crippen LogP contribution >= 0.6 is 0 Å². The summed E-state index contributed by atoms with van der Waals surface area (Å²) in [7, 11) is 1.72. The van der Waals surface area contributed by atoms with Gasteiger partial charge in [-0.1, -0.05) is 6.07 Å². The number of nitrogens with one attached hydrogen (secondary N) is 1. The molecule has 0 atom stereocenters. The van der Waals surface area contributed by atoms with Crippen molar-refractivity contribution >= 4 is 10.9 Å². The first-order valence-electron chi connectivity index (χ1n) is 6.17. The normalized spacial score (nSPS) is 15.6. The van der Waals surface area contributed by atoms with Gasteiger partial charge in [-0.25, -0.2) is 0 Å². The highest BCUT2D eigenvalue weighted by Crippen LogP contribution is 2.21. The molecule has 3 heteroatoms. The van der Waals surface area contributed by atoms with Gasteiger partial charge in [0.05, 0.1) is 0 Å². The number of rotatable bonds is 5. The number of hydrogen-bond donors (Lipinski definition) is 1. The summed E-state index contributed by atoms with van der Waals surface area (Å²) in [5.74, 6) is 0. The van der Waals surface area contributed by atoms with E-state index in [1.54, 1.807) is 7.11 Å². The molecule has 3 rings (SSSR count). The minimum absolute atomic E-state index is 0.614. The maximum Gasteiger partial charge on any atom is 0.122 e. The lowest BCUT2D eigenvalue weighted by Crippen LogP contribution is -2.15. The largest absolute Gasteiger partial charge is 0.364 e. The first-order chi connectivity index (χ1) is 8.36. The molecule has 1 aliphatic rings. The Balaban J connectivity index is 1.80. The fourth-order valence-electron chi connectivity index (χ4n) is 2.16. The number of methoxy groups -OCH3 is 1. The summed E-state index contributed by atoms with van der Waals surface area (Å²) in [6.45, 7) is 1.60. The van der Waals surface area contributed by atoms with E-state index in [4.69, 9.17) is 4.74 Å². The molecule has 1 aromatic heterocycles. The first-order valence-corrected chi connectivity index (χ1v) is 6.17. The lowest BCUT2D eigenvalue weighted by atomic mass is 10.1. The van der Waals surface area contributed by atoms with Crippen molar-refractivity contribution in [1.29, 1.82) is 0 Å². The van der Waals surface area contributed by atoms with Crippen LogP contribution in [-0.4, -0.2) is 17.7 Å². The van der Waals surface area contributed by atoms with Gasteiger partial charge >= 0.3 is 0 Å². The Morgan fingerprint density at radius 1 is 1.35 bits per heavy atom. The average molecular weight is 230 g/mol. The number of hydrogen-bond acceptors (Lipinski definition) is 2. The van der Waals surface area contributed by atoms with Crippen LogP contribution in [0, 0.1) is 0 Å². The molecule has 0 amide bonds. The molecule has 17 heavy (non-hydrogen) atoms. The predicted octanol–water partition coefficient (Wildman–Crippen LogP) is 2.50. The van der Waals surface area contributed by atoms with Gasteiger partial charge in [0, 0.05) is 31.4 Å². The van der Waals surface area contributed by atoms with Crippen molar-refractivity contribution in [3.63, 3.8) is 0 Å². The summed E-state index contributed by atoms with van der Waals surface area (Å²) in [5, 5.41) is 4.83. The summed E-state index contributed by atoms with van der Waals surface area (Å²) in [6.07, 6.45) is 4.76. The maximum atomic E-state index is 5.16. The highest BCUT2D eigenvalue weighted by atomic mass is 16.5. The molecule has 0 bridgehead atoms. The second-order valence-electron chi connectivity index (χ2n) is 4.75. The standard InChI is InChI=1S/C14H18N2O/c1-17-10-16-7-6-12-8-11(2-5-14(12)16)9-15-13-3-4-13/h2,5-8,13,15H,3-4,9-10H2,1H3. The van der Waals surface area contributed by atoms with Crippen molar-refractivity contribution in [2.24, 2.45) is 0 Å². The number of benzene rings is 1. The van der Waals surface area contributed by atoms with E-state index >= 15 is 0 Å². The van der Waals surface area contributed by atoms with Gasteiger partial charge in [0.25, 0.3) is 0 Å². The second-order valence-corrected chi connectivity index (χ2v) is 4.75. The average Bonchev–Trinajstić information content (AvgIpc) is 3.10. The van der Waals surface area contributed by atoms with Gasteiger partial charge in [0.2, 0.25) is 0 Å². The molecule has 3 nitrogen and oxygen atoms in total. The second kappa shape index (κ2) is 4.51. The molecule has 0 radical (unpaired) electrons. The van der Waals surface area contributed by atoms with Crippen LogP contribution in [0.3, 0.4) is 0 Å². The molecule has 0 spiro atoms. The van der Waals surface area contributed by atoms with E-state index in [9.17, 15) is 0 Å². The molecule has 0 aliphatic heterocycles. The van der Waals surface area contributed by atoms with Gasteiger partial charge < -0.3 is 14.6 Å². The number of aromatic nitrogens is 1. The molecule has 2 aromatic rings. The fraction of sp³-hybridized carbons (Fsp3) is 0.429. The van der Waals surface area contributed by atoms with E-state index < -0.39 is 0 Å². The highest BCUT2D eigenvalue weighted by molar-refractivity contribution is 5.80. The third-order valence-electron chi connectivity index (χ3n) is 3.28. The first kappa shape index (κ1) is 10.8. The van der Waals surface area contributed by atoms with Crippen molar-refractivity contribution < 1.29 is 4.74 Å². The highest BCUT2D eigenvalue weighted by Gasteiger charge is 2.19. The van der Waals surface area contributed by atoms with Gasteiger partial charge in [0.15, 0.2) is 0 Å². The van der Waals surface area contributed by atoms with Crippen molar-refractivity contribution in [2.45, 2.75) is 32.2 Å². The Hall–Kier alpha value is -1.32. The fourth-order valence-corrected chi connectivity index (χ4v) is 2.16. The lowest BCUT2D eigenvalue weighted by Gasteiger charge is -2.06. The van der Waals surface area contributed by atoms with E-state index in [1.807, 2.05) is 0 Å². The molecule has 1 aromatic carbocycles. The predicted molar refractivity (Wildman–Crippen MR) is 68.8 cm³/mol. The summed E-state index contributed by atoms with van der Waals surface area (Å²) >= 11 is 0. The molecule has 0 unspecified atom stereocenters. The van der Waals surface area contributed by atoms with Crippen LogP contribution in [0.25, 0.3) is 10.9 Å². The van der Waals surface area contributed by atoms with Crippen LogP contribution in [0.2, 0.25) is 0 Å². The van der Waals surface area contributed by atoms with Crippen LogP contribution in [-0.2, 0) is 18.0 Å². The zero-order valence-corrected chi connectivity index (χ0v) is 10.1. The molecule has 1 saturated carbocycles. The van der Waals surface area contributed by atoms with Gasteiger partial charge in [0.1, 0.15) is 6.73 Å². The number of nitrogens with zero attached hydrogens (tertiary/aromatic N) is 1. The summed E-state index contributed by atoms with van der Waals surface area (Å²) in [5.41, 5.74) is 2.60. The third-order valence-corrected chi connectivity index (χ3v) is 3.28. The maximum absolute atomic E-state index is 5.16. The number of fused-ring (bicyclic) bond motifs is 1. The SMILES string of the molecule is COCn1ccc2cc(CNC3CC3)ccc21. The van der Waals surface area contributed by atoms with Gasteiger partial charge in [-0.2, -0.15) is 0 Å². The quantitative estimate of drug-likeness (QED) is 0.854. The van der Waals surface area contributed by atoms with E-state index in [0.717, 1.165) is 12.6 Å². The summed E-state index contributed by atoms with van der Waals surface area (Å²) in [4.78, 5) is 0. The Bertz CT molecular complexity index is 514. The minimum atomic E-state index is 0.614. The van der Waals surface area contributed by atoms with Crippen molar-refractivity contribution in [3.8, 4) is 0 Å². The zero-order valence-electron chi connectivity index (χ0n) is 10.1. The Morgan fingerprint density at radius 2 is 2.24 bits per heavy atom. The van der Waals surface area contributed by atoms with Crippen LogP contribution in [0.4, 0.5) is 0 Å². The molecule has 1 N–H and O–H groups in total. The van der Waals surface area contributed by atoms with Gasteiger partial charge in [-0.3, -0.25) is 0 Å². The van der Waals surface area contributed by atoms with E-state index in [1.165, 1.54) is 29.3 Å². The minimum Gasteiger partial charge on any atom is -0.364 e. The Labute approximate surface area is 101 Å². The molecule has 1 aliphatic carbocycles. The van der Waals surface area contributed by atoms with E-state index in [-0.39, 0.29) is 0 Å². The molecule has 0 saturated heterocycles. The topological polar surface area (TPSA) is 26.2 Å². The van der Waals surface area contributed by atoms with Crippen molar-refractivity contribution in [3.05, 3.63) is 36.0 Å². The van der Waals surface area contributed by atoms with Crippen LogP contribution < -0.4 is 5.32 Å². The van der Waals surface area contributed by atoms with Gasteiger partial charge in [-0.05, 0) is 42.0 Å². The molecule has 1 fully saturated rings. The molecule has 90 valence electrons. The van der Waals surface area contributed by atoms with Crippen molar-refractivity contribution in [1.82, 2.24) is 9.88 Å². The van der Waals surface area contributed by atoms with E-state index in [0.29, 0.717) is 6.73 Å². The van der Waals surface area contributed by atoms with Crippen LogP contribution in [0.5, 0.6) is 0 Å². The molecular weight excluding hydrogens is 212 g/mol. The monoisotopic (exact) mass is 230 g/mol. The summed E-state index contributed by atoms with van der Waals surface area (Å²) in [6, 6.07) is 9.55. The summed E-state index contributed by atoms with van der Waals surface area (Å²) < 4.78 is 7.28. The zero-order chi connectivity index (χ0) is 11.7. The van der Waals surface area contributed by atoms with Crippen molar-refractivity contribution in [2.75, 3.05) is 7.11 Å². The molecular formula is C14H18N2O. The third kappa shape index (κ3) is 2.35. The number of ether oxygens (including phenoxy) is 1. The lowest BCUT2D eigenvalue weighted by molar-refractivity contribution is 0.135. The smallest absolute Gasteiger partial charge is 0.122 e. The molecule has 1 heterocycles. The van der Waals surface area contributed by atoms with Crippen LogP contribution in [0.1, 0.15) is 18.4 Å². The Morgan fingerprint density at radius 3 is 3.00 bits per heavy atom. The van der Waals surface area contributed by atoms with E-state index in [2.05, 4.69) is 40.3 Å². The van der Waals surface area contributed by atoms with Crippen LogP contribution in [0.15, 0.2) is 30.5 Å². The van der Waals surface area contributed by atoms with Gasteiger partial charge in [-0.15, -0.1) is 0 Å². The Kier molecular flexibility index (Phi) is 2.87.